The minimum absolute atomic E-state index is 0. The molecule has 0 spiro atoms. The molecule has 0 saturated carbocycles. The van der Waals surface area contributed by atoms with E-state index in [0.29, 0.717) is 18.9 Å². The Morgan fingerprint density at radius 1 is 1.23 bits per heavy atom. The van der Waals surface area contributed by atoms with Crippen molar-refractivity contribution >= 4 is 18.4 Å². The molecule has 3 rings (SSSR count). The maximum absolute atomic E-state index is 11.0. The zero-order chi connectivity index (χ0) is 14.7. The maximum Gasteiger partial charge on any atom is 0.335 e. The van der Waals surface area contributed by atoms with Crippen LogP contribution in [0.1, 0.15) is 21.5 Å². The Kier molecular flexibility index (Phi) is 5.41. The second kappa shape index (κ2) is 7.29. The Morgan fingerprint density at radius 2 is 2.00 bits per heavy atom. The number of carbonyl (C=O) groups is 1. The van der Waals surface area contributed by atoms with Crippen LogP contribution in [-0.2, 0) is 13.0 Å². The van der Waals surface area contributed by atoms with Crippen molar-refractivity contribution in [3.8, 4) is 5.75 Å². The summed E-state index contributed by atoms with van der Waals surface area (Å²) in [7, 11) is 0. The third-order valence-corrected chi connectivity index (χ3v) is 3.66. The first-order valence-corrected chi connectivity index (χ1v) is 6.99. The summed E-state index contributed by atoms with van der Waals surface area (Å²) in [5.74, 6) is -0.266. The lowest BCUT2D eigenvalue weighted by atomic mass is 10.1. The highest BCUT2D eigenvalue weighted by Gasteiger charge is 2.18. The SMILES string of the molecule is Cl.O=C(O)c1ccc2c(c1)OCC(Cc1ccccc1)NC2. The van der Waals surface area contributed by atoms with Gasteiger partial charge in [0.25, 0.3) is 0 Å². The first-order valence-electron chi connectivity index (χ1n) is 6.99. The summed E-state index contributed by atoms with van der Waals surface area (Å²) in [6.45, 7) is 1.22. The number of hydrogen-bond donors (Lipinski definition) is 2. The minimum atomic E-state index is -0.931. The Balaban J connectivity index is 0.00000176. The van der Waals surface area contributed by atoms with Crippen molar-refractivity contribution < 1.29 is 14.6 Å². The van der Waals surface area contributed by atoms with E-state index in [4.69, 9.17) is 9.84 Å². The van der Waals surface area contributed by atoms with E-state index in [2.05, 4.69) is 17.4 Å². The van der Waals surface area contributed by atoms with Gasteiger partial charge in [-0.1, -0.05) is 36.4 Å². The van der Waals surface area contributed by atoms with Gasteiger partial charge in [-0.15, -0.1) is 12.4 Å². The molecule has 5 heteroatoms. The van der Waals surface area contributed by atoms with Gasteiger partial charge < -0.3 is 15.2 Å². The fourth-order valence-corrected chi connectivity index (χ4v) is 2.50. The van der Waals surface area contributed by atoms with Crippen LogP contribution in [0.3, 0.4) is 0 Å². The van der Waals surface area contributed by atoms with Crippen molar-refractivity contribution in [2.24, 2.45) is 0 Å². The van der Waals surface area contributed by atoms with E-state index < -0.39 is 5.97 Å². The van der Waals surface area contributed by atoms with Gasteiger partial charge >= 0.3 is 5.97 Å². The maximum atomic E-state index is 11.0. The summed E-state index contributed by atoms with van der Waals surface area (Å²) in [4.78, 5) is 11.0. The van der Waals surface area contributed by atoms with Crippen LogP contribution < -0.4 is 10.1 Å². The monoisotopic (exact) mass is 319 g/mol. The van der Waals surface area contributed by atoms with E-state index in [1.54, 1.807) is 12.1 Å². The molecule has 22 heavy (non-hydrogen) atoms. The van der Waals surface area contributed by atoms with Crippen LogP contribution in [0.4, 0.5) is 0 Å². The number of benzene rings is 2. The summed E-state index contributed by atoms with van der Waals surface area (Å²) in [5, 5.41) is 12.5. The van der Waals surface area contributed by atoms with Gasteiger partial charge in [-0.05, 0) is 24.1 Å². The van der Waals surface area contributed by atoms with Gasteiger partial charge in [0.2, 0.25) is 0 Å². The highest BCUT2D eigenvalue weighted by atomic mass is 35.5. The lowest BCUT2D eigenvalue weighted by Gasteiger charge is -2.15. The number of nitrogens with one attached hydrogen (secondary N) is 1. The lowest BCUT2D eigenvalue weighted by molar-refractivity contribution is 0.0696. The predicted octanol–water partition coefficient (Wildman–Crippen LogP) is 2.90. The molecule has 1 aliphatic heterocycles. The Bertz CT molecular complexity index is 646. The molecule has 0 amide bonds. The Labute approximate surface area is 135 Å². The van der Waals surface area contributed by atoms with Crippen LogP contribution in [0.25, 0.3) is 0 Å². The number of rotatable bonds is 3. The molecule has 0 aliphatic carbocycles. The zero-order valence-electron chi connectivity index (χ0n) is 12.0. The average molecular weight is 320 g/mol. The van der Waals surface area contributed by atoms with E-state index in [0.717, 1.165) is 12.0 Å². The highest BCUT2D eigenvalue weighted by molar-refractivity contribution is 5.88. The first kappa shape index (κ1) is 16.3. The third kappa shape index (κ3) is 3.78. The summed E-state index contributed by atoms with van der Waals surface area (Å²) < 4.78 is 5.80. The number of ether oxygens (including phenoxy) is 1. The van der Waals surface area contributed by atoms with Crippen molar-refractivity contribution in [3.05, 3.63) is 65.2 Å². The molecule has 1 aliphatic rings. The topological polar surface area (TPSA) is 58.6 Å². The van der Waals surface area contributed by atoms with Crippen molar-refractivity contribution in [2.75, 3.05) is 6.61 Å². The fraction of sp³-hybridized carbons (Fsp3) is 0.235. The summed E-state index contributed by atoms with van der Waals surface area (Å²) in [6, 6.07) is 15.5. The van der Waals surface area contributed by atoms with Crippen molar-refractivity contribution in [3.63, 3.8) is 0 Å². The Morgan fingerprint density at radius 3 is 2.73 bits per heavy atom. The average Bonchev–Trinajstić information content (AvgIpc) is 2.70. The van der Waals surface area contributed by atoms with Crippen molar-refractivity contribution in [1.29, 1.82) is 0 Å². The molecule has 116 valence electrons. The Hall–Kier alpha value is -2.04. The largest absolute Gasteiger partial charge is 0.492 e. The normalized spacial score (nSPS) is 16.6. The molecule has 0 fully saturated rings. The molecule has 4 nitrogen and oxygen atoms in total. The van der Waals surface area contributed by atoms with Gasteiger partial charge in [0.15, 0.2) is 0 Å². The molecule has 2 N–H and O–H groups in total. The van der Waals surface area contributed by atoms with Crippen LogP contribution in [-0.4, -0.2) is 23.7 Å². The van der Waals surface area contributed by atoms with Gasteiger partial charge in [0.1, 0.15) is 12.4 Å². The number of hydrogen-bond acceptors (Lipinski definition) is 3. The quantitative estimate of drug-likeness (QED) is 0.913. The summed E-state index contributed by atoms with van der Waals surface area (Å²) in [5.41, 5.74) is 2.52. The molecule has 2 aromatic rings. The molecule has 2 aromatic carbocycles. The fourth-order valence-electron chi connectivity index (χ4n) is 2.50. The first-order chi connectivity index (χ1) is 10.2. The van der Waals surface area contributed by atoms with Crippen molar-refractivity contribution in [1.82, 2.24) is 5.32 Å². The second-order valence-electron chi connectivity index (χ2n) is 5.21. The van der Waals surface area contributed by atoms with Crippen LogP contribution >= 0.6 is 12.4 Å². The number of carboxylic acid groups (broad SMARTS) is 1. The van der Waals surface area contributed by atoms with E-state index in [9.17, 15) is 4.79 Å². The summed E-state index contributed by atoms with van der Waals surface area (Å²) in [6.07, 6.45) is 0.890. The van der Waals surface area contributed by atoms with E-state index >= 15 is 0 Å². The third-order valence-electron chi connectivity index (χ3n) is 3.66. The number of carboxylic acids is 1. The molecular formula is C17H18ClNO3. The van der Waals surface area contributed by atoms with Gasteiger partial charge in [-0.25, -0.2) is 4.79 Å². The molecule has 0 radical (unpaired) electrons. The van der Waals surface area contributed by atoms with Crippen LogP contribution in [0.2, 0.25) is 0 Å². The lowest BCUT2D eigenvalue weighted by Crippen LogP contribution is -2.34. The molecule has 0 aromatic heterocycles. The highest BCUT2D eigenvalue weighted by Crippen LogP contribution is 2.23. The summed E-state index contributed by atoms with van der Waals surface area (Å²) >= 11 is 0. The number of halogens is 1. The molecule has 1 unspecified atom stereocenters. The zero-order valence-corrected chi connectivity index (χ0v) is 12.8. The van der Waals surface area contributed by atoms with Gasteiger partial charge in [0, 0.05) is 18.2 Å². The molecule has 0 bridgehead atoms. The molecule has 1 atom stereocenters. The van der Waals surface area contributed by atoms with Gasteiger partial charge in [-0.3, -0.25) is 0 Å². The van der Waals surface area contributed by atoms with Crippen LogP contribution in [0.15, 0.2) is 48.5 Å². The van der Waals surface area contributed by atoms with Crippen LogP contribution in [0, 0.1) is 0 Å². The molecule has 0 saturated heterocycles. The second-order valence-corrected chi connectivity index (χ2v) is 5.21. The standard InChI is InChI=1S/C17H17NO3.ClH/c19-17(20)13-6-7-14-10-18-15(11-21-16(14)9-13)8-12-4-2-1-3-5-12;/h1-7,9,15,18H,8,10-11H2,(H,19,20);1H. The van der Waals surface area contributed by atoms with Crippen molar-refractivity contribution in [2.45, 2.75) is 19.0 Å². The number of fused-ring (bicyclic) bond motifs is 1. The molecule has 1 heterocycles. The van der Waals surface area contributed by atoms with Gasteiger partial charge in [0.05, 0.1) is 5.56 Å². The molecular weight excluding hydrogens is 302 g/mol. The van der Waals surface area contributed by atoms with E-state index in [-0.39, 0.29) is 24.0 Å². The predicted molar refractivity (Wildman–Crippen MR) is 86.9 cm³/mol. The number of aromatic carboxylic acids is 1. The van der Waals surface area contributed by atoms with Gasteiger partial charge in [-0.2, -0.15) is 0 Å². The van der Waals surface area contributed by atoms with E-state index in [1.165, 1.54) is 5.56 Å². The smallest absolute Gasteiger partial charge is 0.335 e. The van der Waals surface area contributed by atoms with E-state index in [1.807, 2.05) is 24.3 Å². The van der Waals surface area contributed by atoms with Crippen LogP contribution in [0.5, 0.6) is 5.75 Å². The minimum Gasteiger partial charge on any atom is -0.492 e.